The van der Waals surface area contributed by atoms with Gasteiger partial charge in [0.05, 0.1) is 28.5 Å². The van der Waals surface area contributed by atoms with E-state index in [0.29, 0.717) is 33.4 Å². The number of carbonyl (C=O) groups excluding carboxylic acids is 1. The van der Waals surface area contributed by atoms with Gasteiger partial charge in [-0.3, -0.25) is 4.79 Å². The van der Waals surface area contributed by atoms with Crippen LogP contribution in [-0.4, -0.2) is 35.4 Å². The smallest absolute Gasteiger partial charge is 0.259 e. The number of hydrogen-bond donors (Lipinski definition) is 1. The summed E-state index contributed by atoms with van der Waals surface area (Å²) in [5.74, 6) is -0.435. The van der Waals surface area contributed by atoms with Crippen LogP contribution in [-0.2, 0) is 0 Å². The number of benzene rings is 2. The normalized spacial score (nSPS) is 11.1. The number of carbonyl (C=O) groups is 1. The SMILES string of the molecule is Cc1cc(NC(=O)c2ccccc2F)n(-c2ncnc3c2cnn3-c2ccc(Cl)cc2)n1. The number of hydrogen-bond acceptors (Lipinski definition) is 5. The highest BCUT2D eigenvalue weighted by Crippen LogP contribution is 2.25. The Morgan fingerprint density at radius 1 is 1.06 bits per heavy atom. The summed E-state index contributed by atoms with van der Waals surface area (Å²) in [6.45, 7) is 1.78. The van der Waals surface area contributed by atoms with Crippen LogP contribution >= 0.6 is 11.6 Å². The Bertz CT molecular complexity index is 1460. The van der Waals surface area contributed by atoms with Crippen molar-refractivity contribution in [2.45, 2.75) is 6.92 Å². The molecular formula is C22H15ClFN7O. The van der Waals surface area contributed by atoms with E-state index in [0.717, 1.165) is 5.69 Å². The molecule has 0 spiro atoms. The number of nitrogens with zero attached hydrogens (tertiary/aromatic N) is 6. The zero-order valence-electron chi connectivity index (χ0n) is 16.7. The topological polar surface area (TPSA) is 90.5 Å². The van der Waals surface area contributed by atoms with Crippen LogP contribution in [0.3, 0.4) is 0 Å². The highest BCUT2D eigenvalue weighted by molar-refractivity contribution is 6.30. The molecule has 0 atom stereocenters. The van der Waals surface area contributed by atoms with E-state index in [9.17, 15) is 9.18 Å². The Hall–Kier alpha value is -4.11. The molecule has 2 aromatic carbocycles. The van der Waals surface area contributed by atoms with Crippen molar-refractivity contribution >= 4 is 34.4 Å². The number of fused-ring (bicyclic) bond motifs is 1. The van der Waals surface area contributed by atoms with Gasteiger partial charge in [0, 0.05) is 11.1 Å². The zero-order chi connectivity index (χ0) is 22.2. The third-order valence-corrected chi connectivity index (χ3v) is 5.06. The maximum atomic E-state index is 14.0. The van der Waals surface area contributed by atoms with Gasteiger partial charge in [0.25, 0.3) is 5.91 Å². The van der Waals surface area contributed by atoms with Gasteiger partial charge in [0.15, 0.2) is 11.5 Å². The van der Waals surface area contributed by atoms with Crippen LogP contribution in [0.15, 0.2) is 67.1 Å². The zero-order valence-corrected chi connectivity index (χ0v) is 17.5. The van der Waals surface area contributed by atoms with Gasteiger partial charge in [0.2, 0.25) is 0 Å². The Morgan fingerprint density at radius 3 is 2.62 bits per heavy atom. The number of amides is 1. The maximum absolute atomic E-state index is 14.0. The minimum absolute atomic E-state index is 0.0682. The fraction of sp³-hybridized carbons (Fsp3) is 0.0455. The highest BCUT2D eigenvalue weighted by Gasteiger charge is 2.19. The summed E-state index contributed by atoms with van der Waals surface area (Å²) < 4.78 is 17.2. The van der Waals surface area contributed by atoms with Crippen molar-refractivity contribution in [1.82, 2.24) is 29.5 Å². The first-order chi connectivity index (χ1) is 15.5. The predicted octanol–water partition coefficient (Wildman–Crippen LogP) is 4.35. The molecule has 158 valence electrons. The second-order valence-electron chi connectivity index (χ2n) is 6.98. The Balaban J connectivity index is 1.57. The lowest BCUT2D eigenvalue weighted by Crippen LogP contribution is -2.17. The van der Waals surface area contributed by atoms with Gasteiger partial charge in [-0.1, -0.05) is 23.7 Å². The molecule has 3 heterocycles. The molecule has 5 rings (SSSR count). The molecule has 1 N–H and O–H groups in total. The van der Waals surface area contributed by atoms with E-state index in [1.54, 1.807) is 42.1 Å². The monoisotopic (exact) mass is 447 g/mol. The molecule has 0 bridgehead atoms. The van der Waals surface area contributed by atoms with Crippen molar-refractivity contribution in [2.75, 3.05) is 5.32 Å². The molecule has 3 aromatic heterocycles. The van der Waals surface area contributed by atoms with Crippen LogP contribution < -0.4 is 5.32 Å². The molecular weight excluding hydrogens is 433 g/mol. The number of anilines is 1. The second kappa shape index (κ2) is 7.86. The quantitative estimate of drug-likeness (QED) is 0.442. The molecule has 5 aromatic rings. The van der Waals surface area contributed by atoms with Crippen molar-refractivity contribution in [3.63, 3.8) is 0 Å². The van der Waals surface area contributed by atoms with Gasteiger partial charge in [-0.15, -0.1) is 0 Å². The lowest BCUT2D eigenvalue weighted by atomic mass is 10.2. The number of nitrogens with one attached hydrogen (secondary N) is 1. The minimum Gasteiger partial charge on any atom is -0.306 e. The summed E-state index contributed by atoms with van der Waals surface area (Å²) >= 11 is 5.99. The lowest BCUT2D eigenvalue weighted by molar-refractivity contribution is 0.102. The fourth-order valence-corrected chi connectivity index (χ4v) is 3.48. The first-order valence-corrected chi connectivity index (χ1v) is 9.96. The fourth-order valence-electron chi connectivity index (χ4n) is 3.35. The number of rotatable bonds is 4. The van der Waals surface area contributed by atoms with Gasteiger partial charge in [-0.05, 0) is 43.3 Å². The lowest BCUT2D eigenvalue weighted by Gasteiger charge is -2.09. The van der Waals surface area contributed by atoms with Gasteiger partial charge < -0.3 is 5.32 Å². The maximum Gasteiger partial charge on any atom is 0.259 e. The molecule has 0 aliphatic heterocycles. The van der Waals surface area contributed by atoms with Crippen LogP contribution in [0, 0.1) is 12.7 Å². The van der Waals surface area contributed by atoms with E-state index in [-0.39, 0.29) is 5.56 Å². The van der Waals surface area contributed by atoms with E-state index in [2.05, 4.69) is 25.5 Å². The van der Waals surface area contributed by atoms with E-state index < -0.39 is 11.7 Å². The molecule has 0 unspecified atom stereocenters. The van der Waals surface area contributed by atoms with E-state index in [1.807, 2.05) is 12.1 Å². The van der Waals surface area contributed by atoms with Gasteiger partial charge in [-0.2, -0.15) is 14.9 Å². The summed E-state index contributed by atoms with van der Waals surface area (Å²) in [7, 11) is 0. The van der Waals surface area contributed by atoms with Crippen LogP contribution in [0.25, 0.3) is 22.5 Å². The second-order valence-corrected chi connectivity index (χ2v) is 7.42. The molecule has 0 aliphatic rings. The largest absolute Gasteiger partial charge is 0.306 e. The van der Waals surface area contributed by atoms with Crippen LogP contribution in [0.1, 0.15) is 16.1 Å². The van der Waals surface area contributed by atoms with Crippen LogP contribution in [0.4, 0.5) is 10.2 Å². The molecule has 0 fully saturated rings. The average Bonchev–Trinajstić information content (AvgIpc) is 3.38. The predicted molar refractivity (Wildman–Crippen MR) is 118 cm³/mol. The van der Waals surface area contributed by atoms with E-state index in [4.69, 9.17) is 11.6 Å². The minimum atomic E-state index is -0.610. The van der Waals surface area contributed by atoms with Crippen LogP contribution in [0.5, 0.6) is 0 Å². The first kappa shape index (κ1) is 19.8. The van der Waals surface area contributed by atoms with Crippen molar-refractivity contribution < 1.29 is 9.18 Å². The number of aryl methyl sites for hydroxylation is 1. The van der Waals surface area contributed by atoms with E-state index >= 15 is 0 Å². The van der Waals surface area contributed by atoms with Gasteiger partial charge in [0.1, 0.15) is 18.0 Å². The molecule has 0 aliphatic carbocycles. The van der Waals surface area contributed by atoms with Crippen LogP contribution in [0.2, 0.25) is 5.02 Å². The Morgan fingerprint density at radius 2 is 1.84 bits per heavy atom. The molecule has 32 heavy (non-hydrogen) atoms. The summed E-state index contributed by atoms with van der Waals surface area (Å²) in [6.07, 6.45) is 3.02. The van der Waals surface area contributed by atoms with Crippen molar-refractivity contribution in [1.29, 1.82) is 0 Å². The molecule has 10 heteroatoms. The molecule has 1 amide bonds. The summed E-state index contributed by atoms with van der Waals surface area (Å²) in [5.41, 5.74) is 1.91. The summed E-state index contributed by atoms with van der Waals surface area (Å²) in [6, 6.07) is 14.6. The average molecular weight is 448 g/mol. The first-order valence-electron chi connectivity index (χ1n) is 9.59. The number of halogens is 2. The number of aromatic nitrogens is 6. The van der Waals surface area contributed by atoms with Crippen molar-refractivity contribution in [3.8, 4) is 11.5 Å². The molecule has 0 radical (unpaired) electrons. The van der Waals surface area contributed by atoms with Crippen molar-refractivity contribution in [2.24, 2.45) is 0 Å². The Kier molecular flexibility index (Phi) is 4.87. The summed E-state index contributed by atoms with van der Waals surface area (Å²) in [5, 5.41) is 12.8. The molecule has 0 saturated heterocycles. The third-order valence-electron chi connectivity index (χ3n) is 4.81. The third kappa shape index (κ3) is 3.48. The highest BCUT2D eigenvalue weighted by atomic mass is 35.5. The van der Waals surface area contributed by atoms with E-state index in [1.165, 1.54) is 29.2 Å². The summed E-state index contributed by atoms with van der Waals surface area (Å²) in [4.78, 5) is 21.4. The van der Waals surface area contributed by atoms with Gasteiger partial charge in [-0.25, -0.2) is 19.0 Å². The van der Waals surface area contributed by atoms with Crippen molar-refractivity contribution in [3.05, 3.63) is 89.2 Å². The van der Waals surface area contributed by atoms with Gasteiger partial charge >= 0.3 is 0 Å². The molecule has 0 saturated carbocycles. The Labute approximate surface area is 186 Å². The molecule has 8 nitrogen and oxygen atoms in total. The standard InChI is InChI=1S/C22H15ClFN7O/c1-13-10-19(28-22(32)16-4-2-3-5-18(16)24)31(29-13)21-17-11-27-30(20(17)25-12-26-21)15-8-6-14(23)7-9-15/h2-12H,1H3,(H,28,32).